The molecule has 0 spiro atoms. The van der Waals surface area contributed by atoms with Crippen molar-refractivity contribution in [2.45, 2.75) is 44.4 Å². The first-order chi connectivity index (χ1) is 8.47. The second-order valence-corrected chi connectivity index (χ2v) is 7.37. The zero-order valence-corrected chi connectivity index (χ0v) is 12.6. The minimum absolute atomic E-state index is 0.357. The van der Waals surface area contributed by atoms with E-state index in [-0.39, 0.29) is 5.25 Å². The Kier molecular flexibility index (Phi) is 6.55. The van der Waals surface area contributed by atoms with Gasteiger partial charge >= 0.3 is 0 Å². The monoisotopic (exact) mass is 277 g/mol. The average molecular weight is 277 g/mol. The second-order valence-electron chi connectivity index (χ2n) is 5.18. The van der Waals surface area contributed by atoms with Crippen molar-refractivity contribution in [3.8, 4) is 0 Å². The third-order valence-corrected chi connectivity index (χ3v) is 5.38. The summed E-state index contributed by atoms with van der Waals surface area (Å²) in [5, 5.41) is 2.77. The predicted molar refractivity (Wildman–Crippen MR) is 75.2 cm³/mol. The van der Waals surface area contributed by atoms with Crippen molar-refractivity contribution in [1.82, 2.24) is 14.9 Å². The number of nitrogens with zero attached hydrogens (tertiary/aromatic N) is 1. The molecule has 2 atom stereocenters. The van der Waals surface area contributed by atoms with Crippen LogP contribution in [0.1, 0.15) is 33.1 Å². The van der Waals surface area contributed by atoms with E-state index in [1.165, 1.54) is 0 Å². The summed E-state index contributed by atoms with van der Waals surface area (Å²) in [5.74, 6) is 0. The molecular weight excluding hydrogens is 250 g/mol. The van der Waals surface area contributed by atoms with Crippen LogP contribution in [0.4, 0.5) is 0 Å². The van der Waals surface area contributed by atoms with E-state index in [4.69, 9.17) is 0 Å². The van der Waals surface area contributed by atoms with Crippen molar-refractivity contribution in [3.05, 3.63) is 0 Å². The molecule has 0 saturated carbocycles. The Balaban J connectivity index is 2.34. The van der Waals surface area contributed by atoms with Crippen LogP contribution in [0.5, 0.6) is 0 Å². The first-order valence-corrected chi connectivity index (χ1v) is 8.41. The molecule has 0 aromatic rings. The number of sulfonamides is 1. The summed E-state index contributed by atoms with van der Waals surface area (Å²) in [6.45, 7) is 6.82. The van der Waals surface area contributed by atoms with Gasteiger partial charge in [0.1, 0.15) is 0 Å². The van der Waals surface area contributed by atoms with Crippen LogP contribution >= 0.6 is 0 Å². The van der Waals surface area contributed by atoms with Crippen LogP contribution < -0.4 is 10.0 Å². The highest BCUT2D eigenvalue weighted by Crippen LogP contribution is 2.14. The molecule has 1 aliphatic heterocycles. The van der Waals surface area contributed by atoms with E-state index in [0.29, 0.717) is 19.1 Å². The highest BCUT2D eigenvalue weighted by molar-refractivity contribution is 7.90. The number of likely N-dealkylation sites (tertiary alicyclic amines) is 1. The maximum atomic E-state index is 12.0. The van der Waals surface area contributed by atoms with E-state index in [1.54, 1.807) is 6.92 Å². The Morgan fingerprint density at radius 2 is 2.17 bits per heavy atom. The molecule has 0 aromatic carbocycles. The van der Waals surface area contributed by atoms with Crippen molar-refractivity contribution in [2.75, 3.05) is 33.2 Å². The Morgan fingerprint density at radius 3 is 2.72 bits per heavy atom. The molecule has 0 bridgehead atoms. The van der Waals surface area contributed by atoms with Gasteiger partial charge in [-0.2, -0.15) is 0 Å². The Morgan fingerprint density at radius 1 is 1.44 bits per heavy atom. The molecule has 1 heterocycles. The highest BCUT2D eigenvalue weighted by Gasteiger charge is 2.25. The number of rotatable bonds is 8. The molecule has 1 aliphatic rings. The van der Waals surface area contributed by atoms with Crippen LogP contribution in [-0.4, -0.2) is 57.8 Å². The molecule has 18 heavy (non-hydrogen) atoms. The zero-order valence-electron chi connectivity index (χ0n) is 11.8. The molecule has 0 amide bonds. The molecular formula is C12H27N3O2S. The van der Waals surface area contributed by atoms with Crippen molar-refractivity contribution < 1.29 is 8.42 Å². The lowest BCUT2D eigenvalue weighted by atomic mass is 10.2. The first kappa shape index (κ1) is 15.9. The van der Waals surface area contributed by atoms with Crippen LogP contribution in [-0.2, 0) is 10.0 Å². The van der Waals surface area contributed by atoms with Gasteiger partial charge in [-0.05, 0) is 46.3 Å². The molecule has 2 unspecified atom stereocenters. The van der Waals surface area contributed by atoms with Crippen molar-refractivity contribution in [1.29, 1.82) is 0 Å². The fourth-order valence-electron chi connectivity index (χ4n) is 2.18. The molecule has 6 heteroatoms. The average Bonchev–Trinajstić information content (AvgIpc) is 2.72. The quantitative estimate of drug-likeness (QED) is 0.630. The number of hydrogen-bond acceptors (Lipinski definition) is 4. The van der Waals surface area contributed by atoms with Gasteiger partial charge in [-0.1, -0.05) is 6.92 Å². The maximum absolute atomic E-state index is 12.0. The molecule has 0 aliphatic carbocycles. The van der Waals surface area contributed by atoms with Crippen LogP contribution in [0.25, 0.3) is 0 Å². The number of hydrogen-bond donors (Lipinski definition) is 2. The summed E-state index contributed by atoms with van der Waals surface area (Å²) in [4.78, 5) is 2.22. The molecule has 1 fully saturated rings. The van der Waals surface area contributed by atoms with Crippen molar-refractivity contribution in [3.63, 3.8) is 0 Å². The molecule has 0 radical (unpaired) electrons. The lowest BCUT2D eigenvalue weighted by Crippen LogP contribution is -2.44. The standard InChI is InChI=1S/C12H27N3O2S/c1-4-7-13-9-11(2)18(16,17)14-10-12-6-5-8-15(12)3/h11-14H,4-10H2,1-3H3. The van der Waals surface area contributed by atoms with E-state index < -0.39 is 10.0 Å². The highest BCUT2D eigenvalue weighted by atomic mass is 32.2. The molecule has 1 rings (SSSR count). The van der Waals surface area contributed by atoms with Gasteiger partial charge in [0.25, 0.3) is 0 Å². The molecule has 2 N–H and O–H groups in total. The zero-order chi connectivity index (χ0) is 13.6. The smallest absolute Gasteiger partial charge is 0.215 e. The first-order valence-electron chi connectivity index (χ1n) is 6.86. The van der Waals surface area contributed by atoms with Crippen LogP contribution in [0.3, 0.4) is 0 Å². The van der Waals surface area contributed by atoms with Gasteiger partial charge < -0.3 is 10.2 Å². The van der Waals surface area contributed by atoms with E-state index >= 15 is 0 Å². The van der Waals surface area contributed by atoms with Gasteiger partial charge in [0.05, 0.1) is 5.25 Å². The molecule has 108 valence electrons. The van der Waals surface area contributed by atoms with E-state index in [9.17, 15) is 8.42 Å². The third kappa shape index (κ3) is 4.84. The van der Waals surface area contributed by atoms with Gasteiger partial charge in [-0.3, -0.25) is 0 Å². The van der Waals surface area contributed by atoms with Gasteiger partial charge in [-0.25, -0.2) is 13.1 Å². The number of nitrogens with one attached hydrogen (secondary N) is 2. The topological polar surface area (TPSA) is 61.4 Å². The summed E-state index contributed by atoms with van der Waals surface area (Å²) in [6.07, 6.45) is 3.27. The summed E-state index contributed by atoms with van der Waals surface area (Å²) in [7, 11) is -1.14. The van der Waals surface area contributed by atoms with Gasteiger partial charge in [0.15, 0.2) is 0 Å². The minimum Gasteiger partial charge on any atom is -0.315 e. The van der Waals surface area contributed by atoms with Crippen LogP contribution in [0.2, 0.25) is 0 Å². The van der Waals surface area contributed by atoms with Crippen molar-refractivity contribution in [2.24, 2.45) is 0 Å². The third-order valence-electron chi connectivity index (χ3n) is 3.58. The van der Waals surface area contributed by atoms with E-state index in [0.717, 1.165) is 32.4 Å². The summed E-state index contributed by atoms with van der Waals surface area (Å²) >= 11 is 0. The predicted octanol–water partition coefficient (Wildman–Crippen LogP) is 0.388. The van der Waals surface area contributed by atoms with Crippen LogP contribution in [0, 0.1) is 0 Å². The summed E-state index contributed by atoms with van der Waals surface area (Å²) in [6, 6.07) is 0.357. The van der Waals surface area contributed by atoms with Gasteiger partial charge in [-0.15, -0.1) is 0 Å². The second kappa shape index (κ2) is 7.43. The normalized spacial score (nSPS) is 23.4. The Labute approximate surface area is 111 Å². The van der Waals surface area contributed by atoms with Crippen LogP contribution in [0.15, 0.2) is 0 Å². The fourth-order valence-corrected chi connectivity index (χ4v) is 3.23. The van der Waals surface area contributed by atoms with E-state index in [1.807, 2.05) is 0 Å². The van der Waals surface area contributed by atoms with Gasteiger partial charge in [0, 0.05) is 19.1 Å². The lowest BCUT2D eigenvalue weighted by molar-refractivity contribution is 0.310. The minimum atomic E-state index is -3.19. The number of likely N-dealkylation sites (N-methyl/N-ethyl adjacent to an activating group) is 1. The fraction of sp³-hybridized carbons (Fsp3) is 1.00. The Bertz CT molecular complexity index is 332. The van der Waals surface area contributed by atoms with Gasteiger partial charge in [0.2, 0.25) is 10.0 Å². The lowest BCUT2D eigenvalue weighted by Gasteiger charge is -2.21. The van der Waals surface area contributed by atoms with Crippen molar-refractivity contribution >= 4 is 10.0 Å². The summed E-state index contributed by atoms with van der Waals surface area (Å²) in [5.41, 5.74) is 0. The molecule has 1 saturated heterocycles. The maximum Gasteiger partial charge on any atom is 0.215 e. The summed E-state index contributed by atoms with van der Waals surface area (Å²) < 4.78 is 26.8. The molecule has 0 aromatic heterocycles. The largest absolute Gasteiger partial charge is 0.315 e. The SMILES string of the molecule is CCCNCC(C)S(=O)(=O)NCC1CCCN1C. The Hall–Kier alpha value is -0.170. The van der Waals surface area contributed by atoms with E-state index in [2.05, 4.69) is 28.9 Å². The molecule has 5 nitrogen and oxygen atoms in total.